The highest BCUT2D eigenvalue weighted by atomic mass is 32.3. The van der Waals surface area contributed by atoms with E-state index in [1.54, 1.807) is 0 Å². The van der Waals surface area contributed by atoms with Gasteiger partial charge in [-0.25, -0.2) is 22.8 Å². The smallest absolute Gasteiger partial charge is 0.490 e. The molecular formula is C27H33F3N8O10S2. The van der Waals surface area contributed by atoms with Crippen molar-refractivity contribution in [3.8, 4) is 5.75 Å². The number of amides is 2. The molecule has 0 radical (unpaired) electrons. The molecule has 274 valence electrons. The number of carboxylic acid groups (broad SMARTS) is 1. The summed E-state index contributed by atoms with van der Waals surface area (Å²) >= 11 is 1.07. The van der Waals surface area contributed by atoms with Gasteiger partial charge in [0.25, 0.3) is 17.5 Å². The number of carboxylic acids is 1. The van der Waals surface area contributed by atoms with Gasteiger partial charge in [-0.3, -0.25) is 9.59 Å². The normalized spacial score (nSPS) is 19.3. The number of nitrogens with two attached hydrogens (primary N) is 1. The largest absolute Gasteiger partial charge is 0.724 e. The molecule has 5 heterocycles. The van der Waals surface area contributed by atoms with E-state index in [-0.39, 0.29) is 29.8 Å². The van der Waals surface area contributed by atoms with Crippen LogP contribution in [0, 0.1) is 0 Å². The highest BCUT2D eigenvalue weighted by molar-refractivity contribution is 7.80. The molecule has 2 amide bonds. The number of oxime groups is 1. The molecule has 0 bridgehead atoms. The zero-order valence-electron chi connectivity index (χ0n) is 26.7. The zero-order chi connectivity index (χ0) is 37.0. The number of thiazole rings is 1. The summed E-state index contributed by atoms with van der Waals surface area (Å²) in [6.45, 7) is 4.91. The fourth-order valence-corrected chi connectivity index (χ4v) is 6.13. The predicted molar refractivity (Wildman–Crippen MR) is 165 cm³/mol. The first-order chi connectivity index (χ1) is 23.3. The molecule has 3 aromatic heterocycles. The molecule has 2 atom stereocenters. The maximum atomic E-state index is 13.1. The number of piperidine rings is 1. The molecule has 0 spiro atoms. The van der Waals surface area contributed by atoms with Gasteiger partial charge in [0, 0.05) is 23.9 Å². The van der Waals surface area contributed by atoms with Crippen molar-refractivity contribution >= 4 is 56.0 Å². The van der Waals surface area contributed by atoms with Gasteiger partial charge in [-0.1, -0.05) is 5.16 Å². The number of hydroxylamine groups is 2. The molecule has 50 heavy (non-hydrogen) atoms. The van der Waals surface area contributed by atoms with Gasteiger partial charge in [-0.15, -0.1) is 11.3 Å². The van der Waals surface area contributed by atoms with E-state index in [4.69, 9.17) is 25.2 Å². The van der Waals surface area contributed by atoms with E-state index >= 15 is 0 Å². The Morgan fingerprint density at radius 1 is 1.30 bits per heavy atom. The third-order valence-electron chi connectivity index (χ3n) is 7.58. The molecule has 2 aliphatic heterocycles. The van der Waals surface area contributed by atoms with Crippen LogP contribution in [0.1, 0.15) is 44.0 Å². The van der Waals surface area contributed by atoms with Crippen molar-refractivity contribution in [3.05, 3.63) is 41.3 Å². The number of imidazole rings is 1. The average Bonchev–Trinajstić information content (AvgIpc) is 3.62. The van der Waals surface area contributed by atoms with Crippen LogP contribution in [0.4, 0.5) is 18.3 Å². The lowest BCUT2D eigenvalue weighted by atomic mass is 9.84. The van der Waals surface area contributed by atoms with Crippen molar-refractivity contribution < 1.29 is 63.9 Å². The molecular weight excluding hydrogens is 717 g/mol. The van der Waals surface area contributed by atoms with Crippen LogP contribution in [0.15, 0.2) is 35.1 Å². The summed E-state index contributed by atoms with van der Waals surface area (Å²) in [6, 6.07) is 2.62. The van der Waals surface area contributed by atoms with Crippen LogP contribution >= 0.6 is 11.3 Å². The molecule has 0 saturated carbocycles. The lowest BCUT2D eigenvalue weighted by Crippen LogP contribution is -2.76. The van der Waals surface area contributed by atoms with E-state index in [2.05, 4.69) is 42.9 Å². The van der Waals surface area contributed by atoms with E-state index in [1.165, 1.54) is 24.9 Å². The number of pyridine rings is 1. The quantitative estimate of drug-likeness (QED) is 0.0390. The Bertz CT molecular complexity index is 1870. The number of fused-ring (bicyclic) bond motifs is 1. The number of hydrogen-bond acceptors (Lipinski definition) is 14. The molecule has 5 N–H and O–H groups in total. The minimum atomic E-state index is -5.19. The molecule has 2 aliphatic rings. The highest BCUT2D eigenvalue weighted by Gasteiger charge is 2.57. The van der Waals surface area contributed by atoms with E-state index < -0.39 is 45.9 Å². The van der Waals surface area contributed by atoms with Gasteiger partial charge >= 0.3 is 12.1 Å². The van der Waals surface area contributed by atoms with Gasteiger partial charge in [0.1, 0.15) is 36.4 Å². The highest BCUT2D eigenvalue weighted by Crippen LogP contribution is 2.33. The van der Waals surface area contributed by atoms with Crippen LogP contribution in [0.5, 0.6) is 5.75 Å². The van der Waals surface area contributed by atoms with Crippen LogP contribution in [-0.2, 0) is 41.0 Å². The first-order valence-corrected chi connectivity index (χ1v) is 16.9. The lowest BCUT2D eigenvalue weighted by molar-refractivity contribution is -0.511. The maximum Gasteiger partial charge on any atom is 0.490 e. The van der Waals surface area contributed by atoms with Gasteiger partial charge in [0.05, 0.1) is 12.6 Å². The van der Waals surface area contributed by atoms with Gasteiger partial charge in [0.2, 0.25) is 10.4 Å². The zero-order valence-corrected chi connectivity index (χ0v) is 28.3. The average molecular weight is 751 g/mol. The molecule has 0 aromatic carbocycles. The lowest BCUT2D eigenvalue weighted by Gasteiger charge is -2.51. The number of aliphatic carboxylic acids is 1. The number of nitrogen functional groups attached to an aromatic ring is 1. The number of anilines is 1. The summed E-state index contributed by atoms with van der Waals surface area (Å²) < 4.78 is 78.9. The second-order valence-corrected chi connectivity index (χ2v) is 13.3. The molecule has 2 fully saturated rings. The Kier molecular flexibility index (Phi) is 11.6. The number of nitrogens with zero attached hydrogens (tertiary/aromatic N) is 5. The second-order valence-electron chi connectivity index (χ2n) is 11.5. The second kappa shape index (κ2) is 15.1. The van der Waals surface area contributed by atoms with Crippen LogP contribution in [0.2, 0.25) is 0 Å². The third-order valence-corrected chi connectivity index (χ3v) is 8.59. The molecule has 1 unspecified atom stereocenters. The van der Waals surface area contributed by atoms with Gasteiger partial charge < -0.3 is 35.6 Å². The predicted octanol–water partition coefficient (Wildman–Crippen LogP) is 0.200. The molecule has 3 aromatic rings. The van der Waals surface area contributed by atoms with Crippen molar-refractivity contribution in [2.24, 2.45) is 12.2 Å². The molecule has 5 rings (SSSR count). The number of aryl methyl sites for hydroxylation is 1. The van der Waals surface area contributed by atoms with Gasteiger partial charge in [-0.2, -0.15) is 26.9 Å². The third kappa shape index (κ3) is 9.15. The SMILES string of the molecule is Cn1c(C2CCCNC2)c[n+]2cc(OCCO/N=C(\C(=O)N[C@@H]3C(=O)N(OS(=O)(=O)[O-])C3(C)C)c3csc(N)n3)ccc12.O=C(O)C(F)(F)F. The number of ether oxygens (including phenoxy) is 1. The number of carbonyl (C=O) groups is 3. The van der Waals surface area contributed by atoms with E-state index in [1.807, 2.05) is 22.7 Å². The fourth-order valence-electron chi connectivity index (χ4n) is 5.13. The van der Waals surface area contributed by atoms with E-state index in [0.29, 0.717) is 16.7 Å². The number of halogens is 3. The number of rotatable bonds is 11. The molecule has 23 heteroatoms. The summed E-state index contributed by atoms with van der Waals surface area (Å²) in [4.78, 5) is 43.9. The van der Waals surface area contributed by atoms with Gasteiger partial charge in [0.15, 0.2) is 23.2 Å². The monoisotopic (exact) mass is 750 g/mol. The Labute approximate surface area is 286 Å². The summed E-state index contributed by atoms with van der Waals surface area (Å²) in [5, 5.41) is 19.0. The number of nitrogens with one attached hydrogen (secondary N) is 2. The topological polar surface area (TPSA) is 244 Å². The van der Waals surface area contributed by atoms with Crippen LogP contribution in [0.25, 0.3) is 5.65 Å². The van der Waals surface area contributed by atoms with Crippen LogP contribution in [0.3, 0.4) is 0 Å². The van der Waals surface area contributed by atoms with Crippen molar-refractivity contribution in [2.45, 2.75) is 50.4 Å². The Balaban J connectivity index is 0.000000727. The van der Waals surface area contributed by atoms with E-state index in [0.717, 1.165) is 42.9 Å². The van der Waals surface area contributed by atoms with Crippen molar-refractivity contribution in [2.75, 3.05) is 32.0 Å². The van der Waals surface area contributed by atoms with Crippen molar-refractivity contribution in [1.82, 2.24) is 25.2 Å². The van der Waals surface area contributed by atoms with Crippen molar-refractivity contribution in [1.29, 1.82) is 0 Å². The van der Waals surface area contributed by atoms with Crippen molar-refractivity contribution in [3.63, 3.8) is 0 Å². The summed E-state index contributed by atoms with van der Waals surface area (Å²) in [6.07, 6.45) is 1.20. The summed E-state index contributed by atoms with van der Waals surface area (Å²) in [7, 11) is -3.14. The fraction of sp³-hybridized carbons (Fsp3) is 0.481. The number of β-lactam (4-membered cyclic amide) rings is 1. The minimum absolute atomic E-state index is 0.0241. The number of hydrogen-bond donors (Lipinski definition) is 4. The summed E-state index contributed by atoms with van der Waals surface area (Å²) in [5.74, 6) is -3.46. The number of aromatic nitrogens is 3. The van der Waals surface area contributed by atoms with Crippen LogP contribution in [-0.4, -0.2) is 100 Å². The Morgan fingerprint density at radius 2 is 2.00 bits per heavy atom. The standard InChI is InChI=1S/C25H32N8O8S2.C2HF3O2/c1-25(2)21(23(35)33(25)41-43(36,37)38)29-22(34)20(17-14-42-24(26)28-17)30-40-10-9-39-16-6-7-19-31(3)18(13-32(19)12-16)15-5-4-8-27-11-15;3-2(4,5)1(6)7/h6-7,12-15,21,27H,4-5,8-11H2,1-3H3,(H3-,26,28,29,34,36,37,38);(H,6,7)/b30-20-;/t15?,21-;/m1./s1. The Hall–Kier alpha value is -4.58. The number of carbonyl (C=O) groups excluding carboxylic acids is 2. The van der Waals surface area contributed by atoms with E-state index in [9.17, 15) is 35.7 Å². The van der Waals surface area contributed by atoms with Crippen LogP contribution < -0.4 is 25.5 Å². The first kappa shape index (κ1) is 38.2. The van der Waals surface area contributed by atoms with Gasteiger partial charge in [-0.05, 0) is 39.3 Å². The number of alkyl halides is 3. The molecule has 2 saturated heterocycles. The minimum Gasteiger partial charge on any atom is -0.724 e. The molecule has 0 aliphatic carbocycles. The molecule has 18 nitrogen and oxygen atoms in total. The maximum absolute atomic E-state index is 13.1. The summed E-state index contributed by atoms with van der Waals surface area (Å²) in [5.41, 5.74) is 6.49. The Morgan fingerprint density at radius 3 is 2.56 bits per heavy atom. The first-order valence-electron chi connectivity index (χ1n) is 14.7.